The topological polar surface area (TPSA) is 95.9 Å². The molecule has 84 heavy (non-hydrogen) atoms. The predicted octanol–water partition coefficient (Wildman–Crippen LogP) is 25.0. The number of amides is 1. The molecular formula is C78H149NO5. The van der Waals surface area contributed by atoms with E-state index in [2.05, 4.69) is 43.5 Å². The van der Waals surface area contributed by atoms with Gasteiger partial charge in [-0.15, -0.1) is 0 Å². The minimum absolute atomic E-state index is 0.0216. The third kappa shape index (κ3) is 69.2. The summed E-state index contributed by atoms with van der Waals surface area (Å²) in [5.41, 5.74) is 0. The number of hydrogen-bond acceptors (Lipinski definition) is 5. The number of rotatable bonds is 72. The van der Waals surface area contributed by atoms with Crippen LogP contribution in [0.2, 0.25) is 0 Å². The summed E-state index contributed by atoms with van der Waals surface area (Å²) in [5, 5.41) is 23.2. The van der Waals surface area contributed by atoms with Crippen LogP contribution in [0.5, 0.6) is 0 Å². The molecule has 0 aromatic carbocycles. The molecule has 6 heteroatoms. The Morgan fingerprint density at radius 3 is 0.905 bits per heavy atom. The summed E-state index contributed by atoms with van der Waals surface area (Å²) < 4.78 is 5.51. The van der Waals surface area contributed by atoms with Gasteiger partial charge in [0, 0.05) is 12.8 Å². The quantitative estimate of drug-likeness (QED) is 0.0320. The van der Waals surface area contributed by atoms with E-state index < -0.39 is 12.1 Å². The van der Waals surface area contributed by atoms with Crippen molar-refractivity contribution in [3.05, 3.63) is 36.5 Å². The number of ether oxygens (including phenoxy) is 1. The number of esters is 1. The first-order chi connectivity index (χ1) is 41.5. The van der Waals surface area contributed by atoms with Gasteiger partial charge in [-0.25, -0.2) is 0 Å². The smallest absolute Gasteiger partial charge is 0.305 e. The SMILES string of the molecule is CCCCCCCCCCCCCC/C=C/C(O)C(CO)NC(=O)CCCCCCCCCCCCCCCCCCC/C=C\C/C=C\CCCCCCCCCCCCCOC(=O)CCCCCCCCCCCCCCCCCCCC. The van der Waals surface area contributed by atoms with Crippen LogP contribution < -0.4 is 5.32 Å². The molecule has 0 aromatic heterocycles. The Morgan fingerprint density at radius 1 is 0.333 bits per heavy atom. The molecule has 0 radical (unpaired) electrons. The van der Waals surface area contributed by atoms with E-state index in [-0.39, 0.29) is 18.5 Å². The van der Waals surface area contributed by atoms with Crippen LogP contribution in [0, 0.1) is 0 Å². The van der Waals surface area contributed by atoms with Crippen LogP contribution in [0.1, 0.15) is 425 Å². The van der Waals surface area contributed by atoms with Crippen LogP contribution in [0.25, 0.3) is 0 Å². The largest absolute Gasteiger partial charge is 0.466 e. The van der Waals surface area contributed by atoms with E-state index in [1.807, 2.05) is 6.08 Å². The number of carbonyl (C=O) groups excluding carboxylic acids is 2. The van der Waals surface area contributed by atoms with Gasteiger partial charge >= 0.3 is 5.97 Å². The minimum Gasteiger partial charge on any atom is -0.466 e. The fourth-order valence-corrected chi connectivity index (χ4v) is 12.1. The molecule has 0 aliphatic rings. The molecule has 3 N–H and O–H groups in total. The lowest BCUT2D eigenvalue weighted by molar-refractivity contribution is -0.143. The van der Waals surface area contributed by atoms with Crippen molar-refractivity contribution in [1.82, 2.24) is 5.32 Å². The van der Waals surface area contributed by atoms with Gasteiger partial charge in [0.2, 0.25) is 5.91 Å². The first kappa shape index (κ1) is 82.1. The molecule has 0 aliphatic carbocycles. The molecule has 0 fully saturated rings. The Labute approximate surface area is 525 Å². The molecule has 2 atom stereocenters. The normalized spacial score (nSPS) is 12.7. The van der Waals surface area contributed by atoms with E-state index in [1.165, 1.54) is 353 Å². The Bertz CT molecular complexity index is 1360. The summed E-state index contributed by atoms with van der Waals surface area (Å²) in [6.07, 6.45) is 95.5. The van der Waals surface area contributed by atoms with Crippen molar-refractivity contribution in [3.63, 3.8) is 0 Å². The van der Waals surface area contributed by atoms with Gasteiger partial charge in [-0.3, -0.25) is 9.59 Å². The van der Waals surface area contributed by atoms with Gasteiger partial charge in [0.1, 0.15) is 0 Å². The van der Waals surface area contributed by atoms with Crippen LogP contribution in [0.3, 0.4) is 0 Å². The Kier molecular flexibility index (Phi) is 71.9. The lowest BCUT2D eigenvalue weighted by Crippen LogP contribution is -2.45. The second kappa shape index (κ2) is 73.5. The minimum atomic E-state index is -0.842. The average Bonchev–Trinajstić information content (AvgIpc) is 3.52. The van der Waals surface area contributed by atoms with Gasteiger partial charge in [0.05, 0.1) is 25.4 Å². The number of allylic oxidation sites excluding steroid dienone is 5. The van der Waals surface area contributed by atoms with Crippen molar-refractivity contribution < 1.29 is 24.5 Å². The van der Waals surface area contributed by atoms with Crippen LogP contribution in [-0.2, 0) is 14.3 Å². The van der Waals surface area contributed by atoms with Crippen LogP contribution in [0.4, 0.5) is 0 Å². The predicted molar refractivity (Wildman–Crippen MR) is 370 cm³/mol. The molecule has 0 saturated heterocycles. The second-order valence-electron chi connectivity index (χ2n) is 26.3. The Morgan fingerprint density at radius 2 is 0.595 bits per heavy atom. The van der Waals surface area contributed by atoms with E-state index >= 15 is 0 Å². The number of carbonyl (C=O) groups is 2. The van der Waals surface area contributed by atoms with Crippen LogP contribution >= 0.6 is 0 Å². The van der Waals surface area contributed by atoms with Crippen molar-refractivity contribution in [1.29, 1.82) is 0 Å². The van der Waals surface area contributed by atoms with Crippen LogP contribution in [0.15, 0.2) is 36.5 Å². The Hall–Kier alpha value is -1.92. The first-order valence-corrected chi connectivity index (χ1v) is 38.3. The molecule has 0 spiro atoms. The number of aliphatic hydroxyl groups excluding tert-OH is 2. The van der Waals surface area contributed by atoms with Crippen LogP contribution in [-0.4, -0.2) is 47.4 Å². The zero-order valence-electron chi connectivity index (χ0n) is 56.9. The molecule has 0 bridgehead atoms. The second-order valence-corrected chi connectivity index (χ2v) is 26.3. The number of nitrogens with one attached hydrogen (secondary N) is 1. The monoisotopic (exact) mass is 1180 g/mol. The van der Waals surface area contributed by atoms with Crippen molar-refractivity contribution >= 4 is 11.9 Å². The zero-order chi connectivity index (χ0) is 60.6. The maximum atomic E-state index is 12.5. The van der Waals surface area contributed by atoms with E-state index in [1.54, 1.807) is 6.08 Å². The van der Waals surface area contributed by atoms with Gasteiger partial charge in [0.15, 0.2) is 0 Å². The highest BCUT2D eigenvalue weighted by molar-refractivity contribution is 5.76. The maximum Gasteiger partial charge on any atom is 0.305 e. The maximum absolute atomic E-state index is 12.5. The van der Waals surface area contributed by atoms with E-state index in [0.29, 0.717) is 19.4 Å². The first-order valence-electron chi connectivity index (χ1n) is 38.3. The molecule has 0 rings (SSSR count). The lowest BCUT2D eigenvalue weighted by atomic mass is 10.0. The molecule has 0 aromatic rings. The summed E-state index contributed by atoms with van der Waals surface area (Å²) in [6, 6.07) is -0.626. The van der Waals surface area contributed by atoms with Gasteiger partial charge in [-0.05, 0) is 64.2 Å². The fraction of sp³-hybridized carbons (Fsp3) is 0.897. The summed E-state index contributed by atoms with van der Waals surface area (Å²) in [5.74, 6) is -0.0420. The molecule has 496 valence electrons. The van der Waals surface area contributed by atoms with Crippen molar-refractivity contribution in [2.24, 2.45) is 0 Å². The van der Waals surface area contributed by atoms with Gasteiger partial charge in [-0.1, -0.05) is 384 Å². The number of unbranched alkanes of at least 4 members (excludes halogenated alkanes) is 57. The summed E-state index contributed by atoms with van der Waals surface area (Å²) >= 11 is 0. The van der Waals surface area contributed by atoms with Crippen molar-refractivity contribution in [2.45, 2.75) is 437 Å². The molecule has 0 saturated carbocycles. The molecular weight excluding hydrogens is 1030 g/mol. The van der Waals surface area contributed by atoms with E-state index in [0.717, 1.165) is 44.9 Å². The molecule has 1 amide bonds. The zero-order valence-corrected chi connectivity index (χ0v) is 56.9. The summed E-state index contributed by atoms with van der Waals surface area (Å²) in [4.78, 5) is 24.6. The average molecular weight is 1180 g/mol. The third-order valence-electron chi connectivity index (χ3n) is 17.9. The third-order valence-corrected chi connectivity index (χ3v) is 17.9. The molecule has 0 heterocycles. The summed E-state index contributed by atoms with van der Waals surface area (Å²) in [6.45, 7) is 4.94. The van der Waals surface area contributed by atoms with Crippen molar-refractivity contribution in [3.8, 4) is 0 Å². The van der Waals surface area contributed by atoms with Gasteiger partial charge < -0.3 is 20.3 Å². The van der Waals surface area contributed by atoms with Gasteiger partial charge in [-0.2, -0.15) is 0 Å². The Balaban J connectivity index is 3.36. The number of hydrogen-bond donors (Lipinski definition) is 3. The van der Waals surface area contributed by atoms with Crippen molar-refractivity contribution in [2.75, 3.05) is 13.2 Å². The van der Waals surface area contributed by atoms with Gasteiger partial charge in [0.25, 0.3) is 0 Å². The molecule has 2 unspecified atom stereocenters. The number of aliphatic hydroxyl groups is 2. The summed E-state index contributed by atoms with van der Waals surface area (Å²) in [7, 11) is 0. The standard InChI is InChI=1S/C78H149NO5/c1-3-5-7-9-11-13-15-17-19-20-41-44-48-52-56-60-64-68-72-78(83)84-73-69-65-61-57-53-49-45-42-39-37-35-33-31-29-27-25-23-21-22-24-26-28-30-32-34-36-38-40-43-47-51-55-59-63-67-71-77(82)79-75(74-80)76(81)70-66-62-58-54-50-46-18-16-14-12-10-8-6-4-2/h23,25,29,31,66,70,75-76,80-81H,3-22,24,26-28,30,32-65,67-69,71-74H2,1-2H3,(H,79,82)/b25-23-,31-29-,70-66+. The molecule has 0 aliphatic heterocycles. The highest BCUT2D eigenvalue weighted by Gasteiger charge is 2.18. The lowest BCUT2D eigenvalue weighted by Gasteiger charge is -2.20. The molecule has 6 nitrogen and oxygen atoms in total. The van der Waals surface area contributed by atoms with E-state index in [4.69, 9.17) is 4.74 Å². The van der Waals surface area contributed by atoms with E-state index in [9.17, 15) is 19.8 Å². The highest BCUT2D eigenvalue weighted by atomic mass is 16.5. The fourth-order valence-electron chi connectivity index (χ4n) is 12.1. The highest BCUT2D eigenvalue weighted by Crippen LogP contribution is 2.19.